The van der Waals surface area contributed by atoms with E-state index in [1.807, 2.05) is 6.92 Å². The van der Waals surface area contributed by atoms with E-state index in [2.05, 4.69) is 6.92 Å². The van der Waals surface area contributed by atoms with Crippen LogP contribution in [0.3, 0.4) is 0 Å². The van der Waals surface area contributed by atoms with E-state index in [1.165, 1.54) is 70.6 Å². The molecule has 0 N–H and O–H groups in total. The van der Waals surface area contributed by atoms with Crippen molar-refractivity contribution in [3.8, 4) is 0 Å². The summed E-state index contributed by atoms with van der Waals surface area (Å²) in [6, 6.07) is 0. The third-order valence-electron chi connectivity index (χ3n) is 4.08. The highest BCUT2D eigenvalue weighted by atomic mass is 16.6. The molecule has 0 heterocycles. The van der Waals surface area contributed by atoms with Gasteiger partial charge in [0.15, 0.2) is 0 Å². The molecule has 142 valence electrons. The maximum Gasteiger partial charge on any atom is 0.417 e. The van der Waals surface area contributed by atoms with Gasteiger partial charge in [0.05, 0.1) is 13.2 Å². The molecule has 0 aliphatic carbocycles. The summed E-state index contributed by atoms with van der Waals surface area (Å²) < 4.78 is 9.60. The van der Waals surface area contributed by atoms with Gasteiger partial charge in [0.1, 0.15) is 0 Å². The molecular formula is C20H38O4. The average molecular weight is 343 g/mol. The van der Waals surface area contributed by atoms with Crippen LogP contribution in [0.4, 0.5) is 0 Å². The Morgan fingerprint density at radius 3 is 1.29 bits per heavy atom. The fourth-order valence-electron chi connectivity index (χ4n) is 2.60. The predicted octanol–water partition coefficient (Wildman–Crippen LogP) is 5.57. The van der Waals surface area contributed by atoms with Crippen molar-refractivity contribution in [1.82, 2.24) is 0 Å². The molecule has 0 spiro atoms. The molecule has 0 unspecified atom stereocenters. The van der Waals surface area contributed by atoms with Crippen LogP contribution in [0.1, 0.15) is 104 Å². The van der Waals surface area contributed by atoms with E-state index >= 15 is 0 Å². The first-order valence-electron chi connectivity index (χ1n) is 10.1. The molecule has 0 amide bonds. The van der Waals surface area contributed by atoms with Crippen LogP contribution in [0, 0.1) is 0 Å². The molecule has 0 bridgehead atoms. The molecule has 0 aliphatic rings. The van der Waals surface area contributed by atoms with Crippen molar-refractivity contribution in [2.45, 2.75) is 104 Å². The number of unbranched alkanes of at least 4 members (excludes halogenated alkanes) is 12. The van der Waals surface area contributed by atoms with Crippen LogP contribution in [0.2, 0.25) is 0 Å². The Morgan fingerprint density at radius 1 is 0.500 bits per heavy atom. The van der Waals surface area contributed by atoms with Gasteiger partial charge in [0.2, 0.25) is 0 Å². The first-order valence-corrected chi connectivity index (χ1v) is 10.1. The molecule has 4 nitrogen and oxygen atoms in total. The molecule has 0 aromatic heterocycles. The number of rotatable bonds is 16. The Balaban J connectivity index is 3.20. The van der Waals surface area contributed by atoms with Gasteiger partial charge in [-0.25, -0.2) is 9.59 Å². The number of carbonyl (C=O) groups excluding carboxylic acids is 2. The van der Waals surface area contributed by atoms with Gasteiger partial charge in [0.25, 0.3) is 0 Å². The van der Waals surface area contributed by atoms with Crippen LogP contribution >= 0.6 is 0 Å². The second-order valence-corrected chi connectivity index (χ2v) is 6.51. The summed E-state index contributed by atoms with van der Waals surface area (Å²) in [5, 5.41) is 0. The van der Waals surface area contributed by atoms with Crippen molar-refractivity contribution in [3.05, 3.63) is 0 Å². The van der Waals surface area contributed by atoms with Crippen LogP contribution < -0.4 is 0 Å². The zero-order valence-electron chi connectivity index (χ0n) is 15.9. The summed E-state index contributed by atoms with van der Waals surface area (Å²) in [5.41, 5.74) is 0. The maximum atomic E-state index is 11.3. The largest absolute Gasteiger partial charge is 0.457 e. The van der Waals surface area contributed by atoms with Crippen molar-refractivity contribution in [2.24, 2.45) is 0 Å². The van der Waals surface area contributed by atoms with Gasteiger partial charge in [-0.15, -0.1) is 0 Å². The fraction of sp³-hybridized carbons (Fsp3) is 0.900. The second-order valence-electron chi connectivity index (χ2n) is 6.51. The zero-order chi connectivity index (χ0) is 17.9. The molecule has 0 saturated heterocycles. The minimum atomic E-state index is -0.869. The predicted molar refractivity (Wildman–Crippen MR) is 97.9 cm³/mol. The van der Waals surface area contributed by atoms with Crippen molar-refractivity contribution < 1.29 is 19.1 Å². The number of carbonyl (C=O) groups is 2. The maximum absolute atomic E-state index is 11.3. The van der Waals surface area contributed by atoms with Gasteiger partial charge in [-0.1, -0.05) is 90.9 Å². The SMILES string of the molecule is CCCCCCCCCCCCCCCOC(=O)C(=O)OCCC. The summed E-state index contributed by atoms with van der Waals surface area (Å²) in [6.07, 6.45) is 17.3. The molecule has 0 atom stereocenters. The Bertz CT molecular complexity index is 302. The van der Waals surface area contributed by atoms with Gasteiger partial charge >= 0.3 is 11.9 Å². The average Bonchev–Trinajstić information content (AvgIpc) is 2.59. The molecule has 24 heavy (non-hydrogen) atoms. The van der Waals surface area contributed by atoms with Gasteiger partial charge in [-0.05, 0) is 12.8 Å². The van der Waals surface area contributed by atoms with E-state index < -0.39 is 11.9 Å². The second kappa shape index (κ2) is 18.3. The molecule has 0 fully saturated rings. The van der Waals surface area contributed by atoms with E-state index in [0.29, 0.717) is 13.0 Å². The normalized spacial score (nSPS) is 10.6. The van der Waals surface area contributed by atoms with Crippen molar-refractivity contribution in [2.75, 3.05) is 13.2 Å². The lowest BCUT2D eigenvalue weighted by atomic mass is 10.0. The fourth-order valence-corrected chi connectivity index (χ4v) is 2.60. The molecule has 0 saturated carbocycles. The standard InChI is InChI=1S/C20H38O4/c1-3-5-6-7-8-9-10-11-12-13-14-15-16-18-24-20(22)19(21)23-17-4-2/h3-18H2,1-2H3. The van der Waals surface area contributed by atoms with Crippen LogP contribution in [0.25, 0.3) is 0 Å². The van der Waals surface area contributed by atoms with Crippen LogP contribution in [0.5, 0.6) is 0 Å². The van der Waals surface area contributed by atoms with Gasteiger partial charge < -0.3 is 9.47 Å². The molecule has 0 rings (SSSR count). The molecule has 0 radical (unpaired) electrons. The quantitative estimate of drug-likeness (QED) is 0.209. The van der Waals surface area contributed by atoms with E-state index in [1.54, 1.807) is 0 Å². The van der Waals surface area contributed by atoms with Crippen molar-refractivity contribution in [3.63, 3.8) is 0 Å². The summed E-state index contributed by atoms with van der Waals surface area (Å²) >= 11 is 0. The number of esters is 2. The van der Waals surface area contributed by atoms with Crippen LogP contribution in [-0.2, 0) is 19.1 Å². The first-order chi connectivity index (χ1) is 11.7. The van der Waals surface area contributed by atoms with E-state index in [9.17, 15) is 9.59 Å². The van der Waals surface area contributed by atoms with E-state index in [4.69, 9.17) is 9.47 Å². The van der Waals surface area contributed by atoms with Crippen LogP contribution in [0.15, 0.2) is 0 Å². The highest BCUT2D eigenvalue weighted by Crippen LogP contribution is 2.12. The van der Waals surface area contributed by atoms with Gasteiger partial charge in [-0.2, -0.15) is 0 Å². The lowest BCUT2D eigenvalue weighted by molar-refractivity contribution is -0.167. The minimum absolute atomic E-state index is 0.271. The smallest absolute Gasteiger partial charge is 0.417 e. The number of hydrogen-bond donors (Lipinski definition) is 0. The van der Waals surface area contributed by atoms with Crippen molar-refractivity contribution >= 4 is 11.9 Å². The molecule has 0 aromatic rings. The molecule has 0 aromatic carbocycles. The monoisotopic (exact) mass is 342 g/mol. The lowest BCUT2D eigenvalue weighted by Crippen LogP contribution is -2.21. The third-order valence-corrected chi connectivity index (χ3v) is 4.08. The van der Waals surface area contributed by atoms with Crippen LogP contribution in [-0.4, -0.2) is 25.2 Å². The first kappa shape index (κ1) is 22.9. The third kappa shape index (κ3) is 15.8. The van der Waals surface area contributed by atoms with E-state index in [-0.39, 0.29) is 6.61 Å². The molecule has 4 heteroatoms. The topological polar surface area (TPSA) is 52.6 Å². The Hall–Kier alpha value is -1.06. The molecule has 0 aliphatic heterocycles. The highest BCUT2D eigenvalue weighted by Gasteiger charge is 2.16. The van der Waals surface area contributed by atoms with Gasteiger partial charge in [-0.3, -0.25) is 0 Å². The lowest BCUT2D eigenvalue weighted by Gasteiger charge is -2.05. The summed E-state index contributed by atoms with van der Waals surface area (Å²) in [6.45, 7) is 4.72. The van der Waals surface area contributed by atoms with E-state index in [0.717, 1.165) is 12.8 Å². The Labute approximate surface area is 148 Å². The Morgan fingerprint density at radius 2 is 0.875 bits per heavy atom. The van der Waals surface area contributed by atoms with Crippen molar-refractivity contribution in [1.29, 1.82) is 0 Å². The zero-order valence-corrected chi connectivity index (χ0v) is 15.9. The number of ether oxygens (including phenoxy) is 2. The van der Waals surface area contributed by atoms with Gasteiger partial charge in [0, 0.05) is 0 Å². The number of hydrogen-bond acceptors (Lipinski definition) is 4. The summed E-state index contributed by atoms with van der Waals surface area (Å²) in [7, 11) is 0. The highest BCUT2D eigenvalue weighted by molar-refractivity contribution is 6.29. The summed E-state index contributed by atoms with van der Waals surface area (Å²) in [4.78, 5) is 22.4. The minimum Gasteiger partial charge on any atom is -0.457 e. The Kier molecular flexibility index (Phi) is 17.5. The molecular weight excluding hydrogens is 304 g/mol. The summed E-state index contributed by atoms with van der Waals surface area (Å²) in [5.74, 6) is -1.73.